The summed E-state index contributed by atoms with van der Waals surface area (Å²) < 4.78 is 40.2. The lowest BCUT2D eigenvalue weighted by Gasteiger charge is -2.32. The molecule has 0 saturated heterocycles. The lowest BCUT2D eigenvalue weighted by atomic mass is 10.2. The van der Waals surface area contributed by atoms with E-state index >= 15 is 0 Å². The number of amides is 1. The van der Waals surface area contributed by atoms with Gasteiger partial charge in [0.2, 0.25) is 5.91 Å². The molecule has 0 fully saturated rings. The maximum atomic E-state index is 13.3. The van der Waals surface area contributed by atoms with Gasteiger partial charge >= 0.3 is 12.1 Å². The maximum Gasteiger partial charge on any atom is 0.418 e. The van der Waals surface area contributed by atoms with Crippen molar-refractivity contribution in [2.75, 3.05) is 4.90 Å². The van der Waals surface area contributed by atoms with Gasteiger partial charge in [-0.1, -0.05) is 18.2 Å². The summed E-state index contributed by atoms with van der Waals surface area (Å²) in [4.78, 5) is 30.3. The molecule has 0 saturated carbocycles. The second kappa shape index (κ2) is 7.34. The zero-order valence-electron chi connectivity index (χ0n) is 14.6. The summed E-state index contributed by atoms with van der Waals surface area (Å²) in [5.41, 5.74) is -0.365. The number of carbonyl (C=O) groups excluding carboxylic acids is 1. The van der Waals surface area contributed by atoms with Crippen molar-refractivity contribution in [1.82, 2.24) is 4.98 Å². The number of hydrogen-bond acceptors (Lipinski definition) is 5. The normalized spacial score (nSPS) is 16.9. The van der Waals surface area contributed by atoms with Crippen molar-refractivity contribution in [3.63, 3.8) is 0 Å². The van der Waals surface area contributed by atoms with Crippen LogP contribution in [0.4, 0.5) is 18.9 Å². The molecular formula is C19H13F3N2O3S2. The van der Waals surface area contributed by atoms with Gasteiger partial charge in [0.05, 0.1) is 39.7 Å². The molecule has 1 amide bonds. The molecule has 5 nitrogen and oxygen atoms in total. The number of para-hydroxylation sites is 2. The fourth-order valence-corrected chi connectivity index (χ4v) is 5.35. The van der Waals surface area contributed by atoms with Crippen LogP contribution >= 0.6 is 23.1 Å². The Bertz CT molecular complexity index is 1110. The largest absolute Gasteiger partial charge is 0.481 e. The highest BCUT2D eigenvalue weighted by atomic mass is 32.2. The monoisotopic (exact) mass is 438 g/mol. The number of thiazole rings is 1. The average Bonchev–Trinajstić information content (AvgIpc) is 3.06. The number of anilines is 1. The number of aliphatic carboxylic acids is 1. The smallest absolute Gasteiger partial charge is 0.418 e. The third kappa shape index (κ3) is 3.82. The van der Waals surface area contributed by atoms with Gasteiger partial charge in [-0.05, 0) is 24.3 Å². The number of carboxylic acid groups (broad SMARTS) is 1. The predicted octanol–water partition coefficient (Wildman–Crippen LogP) is 4.80. The summed E-state index contributed by atoms with van der Waals surface area (Å²) >= 11 is 2.27. The minimum Gasteiger partial charge on any atom is -0.481 e. The molecule has 0 spiro atoms. The Morgan fingerprint density at radius 2 is 1.93 bits per heavy atom. The fraction of sp³-hybridized carbons (Fsp3) is 0.211. The number of alkyl halides is 3. The van der Waals surface area contributed by atoms with Crippen molar-refractivity contribution in [1.29, 1.82) is 0 Å². The van der Waals surface area contributed by atoms with Crippen LogP contribution in [-0.4, -0.2) is 27.2 Å². The molecule has 0 bridgehead atoms. The molecule has 10 heteroatoms. The van der Waals surface area contributed by atoms with Crippen LogP contribution in [0.2, 0.25) is 0 Å². The molecule has 150 valence electrons. The summed E-state index contributed by atoms with van der Waals surface area (Å²) in [7, 11) is 0. The van der Waals surface area contributed by atoms with Gasteiger partial charge in [-0.3, -0.25) is 9.59 Å². The van der Waals surface area contributed by atoms with Crippen LogP contribution in [0.15, 0.2) is 47.4 Å². The van der Waals surface area contributed by atoms with E-state index in [1.165, 1.54) is 22.7 Å². The van der Waals surface area contributed by atoms with Gasteiger partial charge < -0.3 is 10.0 Å². The maximum absolute atomic E-state index is 13.3. The number of carbonyl (C=O) groups is 2. The van der Waals surface area contributed by atoms with Crippen LogP contribution in [0.5, 0.6) is 0 Å². The van der Waals surface area contributed by atoms with Gasteiger partial charge in [-0.15, -0.1) is 23.1 Å². The van der Waals surface area contributed by atoms with Gasteiger partial charge in [0.15, 0.2) is 0 Å². The van der Waals surface area contributed by atoms with Gasteiger partial charge in [0.25, 0.3) is 0 Å². The number of hydrogen-bond donors (Lipinski definition) is 1. The summed E-state index contributed by atoms with van der Waals surface area (Å²) in [6, 6.07) is 10.9. The third-order valence-electron chi connectivity index (χ3n) is 4.39. The minimum absolute atomic E-state index is 0.0246. The number of carboxylic acids is 1. The highest BCUT2D eigenvalue weighted by Gasteiger charge is 2.36. The molecule has 4 rings (SSSR count). The van der Waals surface area contributed by atoms with E-state index in [0.29, 0.717) is 15.4 Å². The number of halogens is 3. The van der Waals surface area contributed by atoms with E-state index in [1.807, 2.05) is 0 Å². The highest BCUT2D eigenvalue weighted by Crippen LogP contribution is 2.42. The topological polar surface area (TPSA) is 70.5 Å². The second-order valence-corrected chi connectivity index (χ2v) is 8.71. The van der Waals surface area contributed by atoms with Crippen molar-refractivity contribution in [3.8, 4) is 0 Å². The Kier molecular flexibility index (Phi) is 4.99. The number of nitrogens with zero attached hydrogens (tertiary/aromatic N) is 2. The van der Waals surface area contributed by atoms with Crippen molar-refractivity contribution < 1.29 is 27.9 Å². The van der Waals surface area contributed by atoms with E-state index in [0.717, 1.165) is 22.3 Å². The van der Waals surface area contributed by atoms with E-state index < -0.39 is 28.9 Å². The third-order valence-corrected chi connectivity index (χ3v) is 6.65. The summed E-state index contributed by atoms with van der Waals surface area (Å²) in [5.74, 6) is -1.49. The Morgan fingerprint density at radius 1 is 1.17 bits per heavy atom. The molecule has 1 N–H and O–H groups in total. The van der Waals surface area contributed by atoms with Crippen LogP contribution in [0, 0.1) is 0 Å². The Morgan fingerprint density at radius 3 is 2.66 bits per heavy atom. The van der Waals surface area contributed by atoms with E-state index in [2.05, 4.69) is 4.98 Å². The number of rotatable bonds is 4. The fourth-order valence-electron chi connectivity index (χ4n) is 3.15. The molecule has 2 heterocycles. The lowest BCUT2D eigenvalue weighted by Crippen LogP contribution is -2.41. The molecule has 1 atom stereocenters. The van der Waals surface area contributed by atoms with Gasteiger partial charge in [-0.25, -0.2) is 4.98 Å². The Labute approximate surface area is 171 Å². The predicted molar refractivity (Wildman–Crippen MR) is 104 cm³/mol. The second-order valence-electron chi connectivity index (χ2n) is 6.35. The zero-order valence-corrected chi connectivity index (χ0v) is 16.3. The van der Waals surface area contributed by atoms with Crippen LogP contribution in [0.1, 0.15) is 17.0 Å². The summed E-state index contributed by atoms with van der Waals surface area (Å²) in [5, 5.41) is 8.65. The first-order valence-corrected chi connectivity index (χ1v) is 10.2. The van der Waals surface area contributed by atoms with Crippen molar-refractivity contribution in [3.05, 3.63) is 53.0 Å². The molecule has 1 aliphatic rings. The SMILES string of the molecule is O=C(O)CC1Sc2ccccc2N(Cc2nc3c(C(F)(F)F)cccc3s2)C1=O. The van der Waals surface area contributed by atoms with Crippen molar-refractivity contribution in [2.45, 2.75) is 29.3 Å². The lowest BCUT2D eigenvalue weighted by molar-refractivity contribution is -0.138. The average molecular weight is 438 g/mol. The standard InChI is InChI=1S/C19H13F3N2O3S2/c20-19(21,22)10-4-3-7-13-17(10)23-15(29-13)9-24-11-5-1-2-6-12(11)28-14(18(24)27)8-16(25)26/h1-7,14H,8-9H2,(H,25,26). The first-order chi connectivity index (χ1) is 13.7. The number of aromatic nitrogens is 1. The summed E-state index contributed by atoms with van der Waals surface area (Å²) in [6.07, 6.45) is -4.87. The van der Waals surface area contributed by atoms with E-state index in [1.54, 1.807) is 30.3 Å². The molecule has 3 aromatic rings. The molecule has 1 aromatic heterocycles. The molecule has 1 unspecified atom stereocenters. The first kappa shape index (κ1) is 19.7. The van der Waals surface area contributed by atoms with E-state index in [4.69, 9.17) is 5.11 Å². The van der Waals surface area contributed by atoms with Crippen LogP contribution in [-0.2, 0) is 22.3 Å². The minimum atomic E-state index is -4.53. The molecule has 1 aliphatic heterocycles. The number of benzene rings is 2. The highest BCUT2D eigenvalue weighted by molar-refractivity contribution is 8.01. The van der Waals surface area contributed by atoms with Gasteiger partial charge in [-0.2, -0.15) is 13.2 Å². The Balaban J connectivity index is 1.73. The molecule has 2 aromatic carbocycles. The van der Waals surface area contributed by atoms with Crippen molar-refractivity contribution in [2.24, 2.45) is 0 Å². The van der Waals surface area contributed by atoms with Crippen LogP contribution < -0.4 is 4.90 Å². The van der Waals surface area contributed by atoms with Crippen LogP contribution in [0.25, 0.3) is 10.2 Å². The molecule has 0 radical (unpaired) electrons. The van der Waals surface area contributed by atoms with Crippen LogP contribution in [0.3, 0.4) is 0 Å². The van der Waals surface area contributed by atoms with E-state index in [9.17, 15) is 22.8 Å². The number of thioether (sulfide) groups is 1. The van der Waals surface area contributed by atoms with E-state index in [-0.39, 0.29) is 18.5 Å². The molecular weight excluding hydrogens is 425 g/mol. The van der Waals surface area contributed by atoms with Gasteiger partial charge in [0.1, 0.15) is 5.01 Å². The quantitative estimate of drug-likeness (QED) is 0.634. The molecule has 29 heavy (non-hydrogen) atoms. The first-order valence-electron chi connectivity index (χ1n) is 8.48. The molecule has 0 aliphatic carbocycles. The van der Waals surface area contributed by atoms with Gasteiger partial charge in [0, 0.05) is 4.90 Å². The Hall–Kier alpha value is -2.59. The van der Waals surface area contributed by atoms with Crippen molar-refractivity contribution >= 4 is 50.9 Å². The number of fused-ring (bicyclic) bond motifs is 2. The zero-order chi connectivity index (χ0) is 20.8. The summed E-state index contributed by atoms with van der Waals surface area (Å²) in [6.45, 7) is -0.0246.